The zero-order valence-corrected chi connectivity index (χ0v) is 21.6. The van der Waals surface area contributed by atoms with Crippen molar-refractivity contribution in [2.24, 2.45) is 0 Å². The normalized spacial score (nSPS) is 10.5. The third-order valence-corrected chi connectivity index (χ3v) is 6.29. The van der Waals surface area contributed by atoms with Crippen LogP contribution in [0, 0.1) is 0 Å². The Bertz CT molecular complexity index is 1460. The van der Waals surface area contributed by atoms with Gasteiger partial charge in [0.15, 0.2) is 0 Å². The topological polar surface area (TPSA) is 38.8 Å². The van der Waals surface area contributed by atoms with Crippen molar-refractivity contribution in [2.45, 2.75) is 12.8 Å². The minimum atomic E-state index is -0.489. The smallest absolute Gasteiger partial charge is 0.335 e. The van der Waals surface area contributed by atoms with Gasteiger partial charge >= 0.3 is 5.97 Å². The van der Waals surface area contributed by atoms with Crippen LogP contribution >= 0.6 is 0 Å². The van der Waals surface area contributed by atoms with Crippen molar-refractivity contribution in [3.8, 4) is 17.2 Å². The van der Waals surface area contributed by atoms with Crippen molar-refractivity contribution in [1.82, 2.24) is 0 Å². The number of benzene rings is 5. The Morgan fingerprint density at radius 2 is 0.974 bits per heavy atom. The van der Waals surface area contributed by atoms with Gasteiger partial charge in [0.1, 0.15) is 17.2 Å². The first-order valence-corrected chi connectivity index (χ1v) is 12.9. The fourth-order valence-electron chi connectivity index (χ4n) is 4.30. The Hall–Kier alpha value is -5.09. The number of esters is 1. The maximum atomic E-state index is 11.3. The maximum Gasteiger partial charge on any atom is 0.335 e. The van der Waals surface area contributed by atoms with Crippen LogP contribution in [-0.4, -0.2) is 5.97 Å². The van der Waals surface area contributed by atoms with Gasteiger partial charge < -0.3 is 14.4 Å². The van der Waals surface area contributed by atoms with E-state index in [1.54, 1.807) is 24.3 Å². The second-order valence-corrected chi connectivity index (χ2v) is 9.02. The third kappa shape index (κ3) is 6.82. The monoisotopic (exact) mass is 511 g/mol. The Balaban J connectivity index is 1.19. The molecule has 0 amide bonds. The van der Waals surface area contributed by atoms with Gasteiger partial charge in [-0.1, -0.05) is 67.2 Å². The molecule has 0 aliphatic rings. The molecule has 39 heavy (non-hydrogen) atoms. The molecule has 0 heterocycles. The summed E-state index contributed by atoms with van der Waals surface area (Å²) < 4.78 is 11.0. The Morgan fingerprint density at radius 3 is 1.46 bits per heavy atom. The van der Waals surface area contributed by atoms with E-state index < -0.39 is 5.97 Å². The second kappa shape index (κ2) is 12.4. The fraction of sp³-hybridized carbons (Fsp3) is 0.0571. The first-order chi connectivity index (χ1) is 19.2. The van der Waals surface area contributed by atoms with Gasteiger partial charge in [-0.3, -0.25) is 0 Å². The van der Waals surface area contributed by atoms with Crippen molar-refractivity contribution in [2.75, 3.05) is 4.90 Å². The lowest BCUT2D eigenvalue weighted by atomic mass is 10.0. The van der Waals surface area contributed by atoms with Crippen LogP contribution in [-0.2, 0) is 17.6 Å². The van der Waals surface area contributed by atoms with Crippen LogP contribution in [0.15, 0.2) is 146 Å². The van der Waals surface area contributed by atoms with E-state index in [1.165, 1.54) is 11.1 Å². The highest BCUT2D eigenvalue weighted by Gasteiger charge is 2.11. The van der Waals surface area contributed by atoms with E-state index in [4.69, 9.17) is 9.47 Å². The molecule has 0 radical (unpaired) electrons. The first-order valence-electron chi connectivity index (χ1n) is 12.9. The van der Waals surface area contributed by atoms with Crippen LogP contribution in [0.25, 0.3) is 0 Å². The molecule has 0 unspecified atom stereocenters. The van der Waals surface area contributed by atoms with Crippen LogP contribution < -0.4 is 14.4 Å². The van der Waals surface area contributed by atoms with E-state index in [-0.39, 0.29) is 0 Å². The summed E-state index contributed by atoms with van der Waals surface area (Å²) >= 11 is 0. The molecule has 0 aliphatic carbocycles. The molecule has 0 atom stereocenters. The molecule has 0 spiro atoms. The SMILES string of the molecule is C=CC(=O)Oc1ccc(Oc2ccc(CCc3ccc(N(c4ccccc4)c4ccccc4)cc3)cc2)cc1. The number of hydrogen-bond acceptors (Lipinski definition) is 4. The van der Waals surface area contributed by atoms with E-state index in [0.29, 0.717) is 11.5 Å². The Morgan fingerprint density at radius 1 is 0.564 bits per heavy atom. The van der Waals surface area contributed by atoms with Gasteiger partial charge in [-0.2, -0.15) is 0 Å². The highest BCUT2D eigenvalue weighted by molar-refractivity contribution is 5.83. The number of anilines is 3. The molecule has 0 aromatic heterocycles. The van der Waals surface area contributed by atoms with Crippen LogP contribution in [0.3, 0.4) is 0 Å². The van der Waals surface area contributed by atoms with Gasteiger partial charge in [-0.05, 0) is 96.8 Å². The first kappa shape index (κ1) is 25.6. The minimum Gasteiger partial charge on any atom is -0.457 e. The zero-order valence-electron chi connectivity index (χ0n) is 21.6. The molecule has 192 valence electrons. The van der Waals surface area contributed by atoms with Crippen molar-refractivity contribution in [3.63, 3.8) is 0 Å². The summed E-state index contributed by atoms with van der Waals surface area (Å²) in [5, 5.41) is 0. The summed E-state index contributed by atoms with van der Waals surface area (Å²) in [4.78, 5) is 13.6. The molecule has 0 N–H and O–H groups in total. The summed E-state index contributed by atoms with van der Waals surface area (Å²) in [7, 11) is 0. The Labute approximate surface area is 229 Å². The highest BCUT2D eigenvalue weighted by Crippen LogP contribution is 2.34. The van der Waals surface area contributed by atoms with Crippen molar-refractivity contribution in [1.29, 1.82) is 0 Å². The van der Waals surface area contributed by atoms with Crippen molar-refractivity contribution < 1.29 is 14.3 Å². The van der Waals surface area contributed by atoms with Gasteiger partial charge in [0.05, 0.1) is 0 Å². The van der Waals surface area contributed by atoms with Crippen LogP contribution in [0.4, 0.5) is 17.1 Å². The molecule has 0 saturated heterocycles. The van der Waals surface area contributed by atoms with Crippen molar-refractivity contribution in [3.05, 3.63) is 157 Å². The van der Waals surface area contributed by atoms with E-state index in [9.17, 15) is 4.79 Å². The summed E-state index contributed by atoms with van der Waals surface area (Å²) in [5.74, 6) is 1.38. The standard InChI is InChI=1S/C35H29NO3/c1-2-35(37)39-34-25-23-33(24-26-34)38-32-21-17-28(18-22-32)14-13-27-15-19-31(20-16-27)36(29-9-5-3-6-10-29)30-11-7-4-8-12-30/h2-12,15-26H,1,13-14H2. The molecule has 0 bridgehead atoms. The average Bonchev–Trinajstić information content (AvgIpc) is 3.00. The largest absolute Gasteiger partial charge is 0.457 e. The van der Waals surface area contributed by atoms with Crippen LogP contribution in [0.1, 0.15) is 11.1 Å². The third-order valence-electron chi connectivity index (χ3n) is 6.29. The quantitative estimate of drug-likeness (QED) is 0.107. The predicted octanol–water partition coefficient (Wildman–Crippen LogP) is 8.83. The molecular formula is C35H29NO3. The highest BCUT2D eigenvalue weighted by atomic mass is 16.5. The molecule has 0 aliphatic heterocycles. The second-order valence-electron chi connectivity index (χ2n) is 9.02. The van der Waals surface area contributed by atoms with Crippen molar-refractivity contribution >= 4 is 23.0 Å². The van der Waals surface area contributed by atoms with Gasteiger partial charge in [0.2, 0.25) is 0 Å². The number of aryl methyl sites for hydroxylation is 2. The van der Waals surface area contributed by atoms with Crippen LogP contribution in [0.5, 0.6) is 17.2 Å². The van der Waals surface area contributed by atoms with Crippen LogP contribution in [0.2, 0.25) is 0 Å². The number of carbonyl (C=O) groups excluding carboxylic acids is 1. The van der Waals surface area contributed by atoms with Gasteiger partial charge in [-0.25, -0.2) is 4.79 Å². The molecular weight excluding hydrogens is 482 g/mol. The van der Waals surface area contributed by atoms with Gasteiger partial charge in [0.25, 0.3) is 0 Å². The molecule has 4 heteroatoms. The van der Waals surface area contributed by atoms with E-state index in [0.717, 1.165) is 41.7 Å². The molecule has 0 saturated carbocycles. The number of hydrogen-bond donors (Lipinski definition) is 0. The minimum absolute atomic E-state index is 0.448. The molecule has 5 rings (SSSR count). The lowest BCUT2D eigenvalue weighted by molar-refractivity contribution is -0.128. The molecule has 5 aromatic carbocycles. The van der Waals surface area contributed by atoms with Gasteiger partial charge in [0, 0.05) is 23.1 Å². The Kier molecular flexibility index (Phi) is 8.15. The molecule has 4 nitrogen and oxygen atoms in total. The summed E-state index contributed by atoms with van der Waals surface area (Å²) in [6.07, 6.45) is 3.01. The lowest BCUT2D eigenvalue weighted by Gasteiger charge is -2.25. The summed E-state index contributed by atoms with van der Waals surface area (Å²) in [6.45, 7) is 3.40. The number of nitrogens with zero attached hydrogens (tertiary/aromatic N) is 1. The number of para-hydroxylation sites is 2. The summed E-state index contributed by atoms with van der Waals surface area (Å²) in [6, 6.07) is 44.7. The fourth-order valence-corrected chi connectivity index (χ4v) is 4.30. The number of carbonyl (C=O) groups is 1. The number of rotatable bonds is 10. The molecule has 5 aromatic rings. The predicted molar refractivity (Wildman–Crippen MR) is 157 cm³/mol. The average molecular weight is 512 g/mol. The maximum absolute atomic E-state index is 11.3. The summed E-state index contributed by atoms with van der Waals surface area (Å²) in [5.41, 5.74) is 5.92. The number of ether oxygens (including phenoxy) is 2. The van der Waals surface area contributed by atoms with Gasteiger partial charge in [-0.15, -0.1) is 0 Å². The van der Waals surface area contributed by atoms with E-state index in [2.05, 4.69) is 96.4 Å². The van der Waals surface area contributed by atoms with E-state index >= 15 is 0 Å². The lowest BCUT2D eigenvalue weighted by Crippen LogP contribution is -2.09. The van der Waals surface area contributed by atoms with E-state index in [1.807, 2.05) is 24.3 Å². The molecule has 0 fully saturated rings. The zero-order chi connectivity index (χ0) is 26.9.